The molecule has 0 bridgehead atoms. The minimum atomic E-state index is -0.857. The molecule has 0 aliphatic heterocycles. The molecule has 0 unspecified atom stereocenters. The van der Waals surface area contributed by atoms with Gasteiger partial charge in [-0.1, -0.05) is 12.1 Å². The van der Waals surface area contributed by atoms with Gasteiger partial charge in [0, 0.05) is 26.2 Å². The van der Waals surface area contributed by atoms with Gasteiger partial charge in [-0.05, 0) is 45.7 Å². The highest BCUT2D eigenvalue weighted by Gasteiger charge is 2.15. The summed E-state index contributed by atoms with van der Waals surface area (Å²) in [4.78, 5) is 15.9. The van der Waals surface area contributed by atoms with Crippen molar-refractivity contribution in [3.05, 3.63) is 35.4 Å². The predicted octanol–water partition coefficient (Wildman–Crippen LogP) is 3.21. The molecule has 0 heterocycles. The predicted molar refractivity (Wildman–Crippen MR) is 114 cm³/mol. The van der Waals surface area contributed by atoms with Crippen LogP contribution in [0.5, 0.6) is 0 Å². The van der Waals surface area contributed by atoms with Crippen molar-refractivity contribution in [1.29, 1.82) is 0 Å². The Morgan fingerprint density at radius 2 is 1.81 bits per heavy atom. The Bertz CT molecular complexity index is 622. The topological polar surface area (TPSA) is 74.8 Å². The summed E-state index contributed by atoms with van der Waals surface area (Å²) in [6.45, 7) is 9.06. The van der Waals surface area contributed by atoms with Crippen LogP contribution in [0.1, 0.15) is 33.3 Å². The van der Waals surface area contributed by atoms with Crippen LogP contribution in [0.3, 0.4) is 0 Å². The molecule has 1 amide bonds. The van der Waals surface area contributed by atoms with Crippen molar-refractivity contribution < 1.29 is 18.3 Å². The molecule has 9 heteroatoms. The lowest BCUT2D eigenvalue weighted by molar-refractivity contribution is 0.0529. The highest BCUT2D eigenvalue weighted by Crippen LogP contribution is 2.11. The molecule has 0 saturated carbocycles. The fourth-order valence-electron chi connectivity index (χ4n) is 2.03. The van der Waals surface area contributed by atoms with Crippen molar-refractivity contribution >= 4 is 36.0 Å². The van der Waals surface area contributed by atoms with Gasteiger partial charge in [0.05, 0.1) is 0 Å². The van der Waals surface area contributed by atoms with E-state index in [1.165, 1.54) is 6.07 Å². The number of ether oxygens (including phenoxy) is 1. The van der Waals surface area contributed by atoms with Crippen LogP contribution in [0.2, 0.25) is 0 Å². The van der Waals surface area contributed by atoms with E-state index in [9.17, 15) is 13.6 Å². The molecule has 0 aliphatic carbocycles. The van der Waals surface area contributed by atoms with Crippen molar-refractivity contribution in [3.8, 4) is 0 Å². The molecule has 0 radical (unpaired) electrons. The van der Waals surface area contributed by atoms with E-state index in [2.05, 4.69) is 20.9 Å². The van der Waals surface area contributed by atoms with Crippen LogP contribution in [-0.4, -0.2) is 43.8 Å². The van der Waals surface area contributed by atoms with E-state index in [4.69, 9.17) is 4.74 Å². The number of halogens is 3. The number of amides is 1. The number of carbonyl (C=O) groups excluding carboxylic acids is 1. The van der Waals surface area contributed by atoms with Crippen LogP contribution in [0.4, 0.5) is 13.6 Å². The maximum absolute atomic E-state index is 13.6. The molecule has 0 fully saturated rings. The Hall–Kier alpha value is -1.65. The standard InChI is InChI=1S/C18H28F2N4O2.HI/c1-5-21-16(23-11-12-24-17(25)26-18(2,3)4)22-10-9-13-7-6-8-14(19)15(13)20;/h6-8H,5,9-12H2,1-4H3,(H,24,25)(H2,21,22,23);1H. The van der Waals surface area contributed by atoms with Crippen LogP contribution in [-0.2, 0) is 11.2 Å². The zero-order chi connectivity index (χ0) is 19.6. The Balaban J connectivity index is 0.00000676. The van der Waals surface area contributed by atoms with Crippen molar-refractivity contribution in [1.82, 2.24) is 16.0 Å². The molecule has 0 aromatic heterocycles. The number of aliphatic imine (C=N–C) groups is 1. The molecule has 27 heavy (non-hydrogen) atoms. The second-order valence-corrected chi connectivity index (χ2v) is 6.58. The van der Waals surface area contributed by atoms with E-state index >= 15 is 0 Å². The van der Waals surface area contributed by atoms with Crippen molar-refractivity contribution in [2.45, 2.75) is 39.7 Å². The quantitative estimate of drug-likeness (QED) is 0.234. The zero-order valence-electron chi connectivity index (χ0n) is 16.2. The maximum Gasteiger partial charge on any atom is 0.407 e. The van der Waals surface area contributed by atoms with Gasteiger partial charge in [0.15, 0.2) is 17.6 Å². The van der Waals surface area contributed by atoms with Gasteiger partial charge in [0.2, 0.25) is 0 Å². The average molecular weight is 498 g/mol. The minimum absolute atomic E-state index is 0. The van der Waals surface area contributed by atoms with Gasteiger partial charge in [-0.2, -0.15) is 0 Å². The molecule has 154 valence electrons. The van der Waals surface area contributed by atoms with E-state index in [0.717, 1.165) is 6.07 Å². The highest BCUT2D eigenvalue weighted by molar-refractivity contribution is 14.0. The van der Waals surface area contributed by atoms with Crippen LogP contribution >= 0.6 is 24.0 Å². The number of alkyl carbamates (subject to hydrolysis) is 1. The number of nitrogens with one attached hydrogen (secondary N) is 3. The first kappa shape index (κ1) is 25.3. The molecule has 1 aromatic rings. The number of benzene rings is 1. The van der Waals surface area contributed by atoms with Crippen LogP contribution in [0.15, 0.2) is 23.2 Å². The summed E-state index contributed by atoms with van der Waals surface area (Å²) in [6, 6.07) is 4.10. The van der Waals surface area contributed by atoms with Gasteiger partial charge in [-0.15, -0.1) is 24.0 Å². The monoisotopic (exact) mass is 498 g/mol. The lowest BCUT2D eigenvalue weighted by Crippen LogP contribution is -2.42. The van der Waals surface area contributed by atoms with E-state index in [1.807, 2.05) is 6.92 Å². The van der Waals surface area contributed by atoms with Gasteiger partial charge < -0.3 is 20.7 Å². The van der Waals surface area contributed by atoms with Gasteiger partial charge >= 0.3 is 6.09 Å². The van der Waals surface area contributed by atoms with E-state index in [0.29, 0.717) is 32.1 Å². The molecule has 6 nitrogen and oxygen atoms in total. The first-order chi connectivity index (χ1) is 12.2. The summed E-state index contributed by atoms with van der Waals surface area (Å²) in [6.07, 6.45) is -0.195. The molecule has 0 atom stereocenters. The van der Waals surface area contributed by atoms with Crippen LogP contribution in [0, 0.1) is 11.6 Å². The Kier molecular flexibility index (Phi) is 11.9. The minimum Gasteiger partial charge on any atom is -0.444 e. The SMILES string of the molecule is CCNC(=NCCc1cccc(F)c1F)NCCNC(=O)OC(C)(C)C.I. The summed E-state index contributed by atoms with van der Waals surface area (Å²) < 4.78 is 31.9. The fraction of sp³-hybridized carbons (Fsp3) is 0.556. The van der Waals surface area contributed by atoms with E-state index in [-0.39, 0.29) is 36.0 Å². The number of nitrogens with zero attached hydrogens (tertiary/aromatic N) is 1. The first-order valence-corrected chi connectivity index (χ1v) is 8.65. The van der Waals surface area contributed by atoms with Crippen LogP contribution < -0.4 is 16.0 Å². The normalized spacial score (nSPS) is 11.4. The number of guanidine groups is 1. The van der Waals surface area contributed by atoms with Crippen molar-refractivity contribution in [2.24, 2.45) is 4.99 Å². The van der Waals surface area contributed by atoms with Gasteiger partial charge in [0.25, 0.3) is 0 Å². The maximum atomic E-state index is 13.6. The molecular formula is C18H29F2IN4O2. The summed E-state index contributed by atoms with van der Waals surface area (Å²) in [5, 5.41) is 8.73. The largest absolute Gasteiger partial charge is 0.444 e. The molecular weight excluding hydrogens is 469 g/mol. The molecule has 1 rings (SSSR count). The molecule has 0 saturated heterocycles. The number of hydrogen-bond donors (Lipinski definition) is 3. The van der Waals surface area contributed by atoms with Crippen molar-refractivity contribution in [2.75, 3.05) is 26.2 Å². The molecule has 0 aliphatic rings. The highest BCUT2D eigenvalue weighted by atomic mass is 127. The Morgan fingerprint density at radius 3 is 2.44 bits per heavy atom. The van der Waals surface area contributed by atoms with Gasteiger partial charge in [0.1, 0.15) is 5.60 Å². The number of rotatable bonds is 7. The number of carbonyl (C=O) groups is 1. The third-order valence-corrected chi connectivity index (χ3v) is 3.11. The van der Waals surface area contributed by atoms with Crippen LogP contribution in [0.25, 0.3) is 0 Å². The lowest BCUT2D eigenvalue weighted by Gasteiger charge is -2.19. The number of hydrogen-bond acceptors (Lipinski definition) is 3. The molecule has 0 spiro atoms. The Morgan fingerprint density at radius 1 is 1.15 bits per heavy atom. The lowest BCUT2D eigenvalue weighted by atomic mass is 10.1. The van der Waals surface area contributed by atoms with E-state index in [1.54, 1.807) is 26.8 Å². The summed E-state index contributed by atoms with van der Waals surface area (Å²) in [7, 11) is 0. The fourth-order valence-corrected chi connectivity index (χ4v) is 2.03. The van der Waals surface area contributed by atoms with Gasteiger partial charge in [-0.3, -0.25) is 4.99 Å². The first-order valence-electron chi connectivity index (χ1n) is 8.65. The second kappa shape index (κ2) is 12.7. The third-order valence-electron chi connectivity index (χ3n) is 3.11. The summed E-state index contributed by atoms with van der Waals surface area (Å²) in [5.41, 5.74) is -0.253. The second-order valence-electron chi connectivity index (χ2n) is 6.58. The summed E-state index contributed by atoms with van der Waals surface area (Å²) >= 11 is 0. The zero-order valence-corrected chi connectivity index (χ0v) is 18.5. The average Bonchev–Trinajstić information content (AvgIpc) is 2.53. The van der Waals surface area contributed by atoms with Crippen molar-refractivity contribution in [3.63, 3.8) is 0 Å². The third kappa shape index (κ3) is 10.9. The molecule has 3 N–H and O–H groups in total. The summed E-state index contributed by atoms with van der Waals surface area (Å²) in [5.74, 6) is -1.15. The van der Waals surface area contributed by atoms with E-state index < -0.39 is 23.3 Å². The van der Waals surface area contributed by atoms with Gasteiger partial charge in [-0.25, -0.2) is 13.6 Å². The smallest absolute Gasteiger partial charge is 0.407 e. The Labute approximate surface area is 176 Å². The molecule has 1 aromatic carbocycles.